The topological polar surface area (TPSA) is 35.0 Å². The van der Waals surface area contributed by atoms with Gasteiger partial charge in [0.1, 0.15) is 16.9 Å². The zero-order valence-corrected chi connectivity index (χ0v) is 37.8. The smallest absolute Gasteiger partial charge is 0.457 e. The van der Waals surface area contributed by atoms with Gasteiger partial charge in [-0.05, 0) is 69.2 Å². The molecule has 7 aromatic rings. The Balaban J connectivity index is 0.00000420. The predicted molar refractivity (Wildman–Crippen MR) is 235 cm³/mol. The van der Waals surface area contributed by atoms with Crippen LogP contribution in [-0.2, 0) is 48.1 Å². The summed E-state index contributed by atoms with van der Waals surface area (Å²) in [4.78, 5) is 11.5. The van der Waals surface area contributed by atoms with E-state index in [1.807, 2.05) is 0 Å². The fourth-order valence-electron chi connectivity index (χ4n) is 10.5. The molecule has 0 saturated heterocycles. The molecule has 4 aliphatic rings. The fraction of sp³-hybridized carbons (Fsp3) is 0.273. The minimum Gasteiger partial charge on any atom is -0.457 e. The summed E-state index contributed by atoms with van der Waals surface area (Å²) in [6.45, 7) is 23.1. The van der Waals surface area contributed by atoms with Gasteiger partial charge >= 0.3 is 21.1 Å². The van der Waals surface area contributed by atoms with E-state index < -0.39 is 5.41 Å². The van der Waals surface area contributed by atoms with E-state index in [1.165, 1.54) is 55.6 Å². The van der Waals surface area contributed by atoms with Crippen LogP contribution in [0.15, 0.2) is 109 Å². The van der Waals surface area contributed by atoms with Crippen molar-refractivity contribution >= 4 is 0 Å². The maximum atomic E-state index is 6.93. The Kier molecular flexibility index (Phi) is 7.90. The number of benzene rings is 5. The van der Waals surface area contributed by atoms with E-state index >= 15 is 0 Å². The van der Waals surface area contributed by atoms with Crippen molar-refractivity contribution in [3.05, 3.63) is 177 Å². The van der Waals surface area contributed by atoms with Gasteiger partial charge in [0.25, 0.3) is 0 Å². The van der Waals surface area contributed by atoms with Crippen molar-refractivity contribution in [3.63, 3.8) is 0 Å². The Morgan fingerprint density at radius 1 is 0.475 bits per heavy atom. The number of pyridine rings is 2. The number of rotatable bonds is 0. The van der Waals surface area contributed by atoms with Gasteiger partial charge in [0.05, 0.1) is 11.4 Å². The van der Waals surface area contributed by atoms with E-state index in [2.05, 4.69) is 191 Å². The molecule has 2 aliphatic heterocycles. The van der Waals surface area contributed by atoms with E-state index in [0.29, 0.717) is 0 Å². The van der Waals surface area contributed by atoms with Crippen molar-refractivity contribution in [2.45, 2.75) is 96.3 Å². The van der Waals surface area contributed by atoms with Crippen LogP contribution in [0.25, 0.3) is 44.8 Å². The number of hydrogen-bond donors (Lipinski definition) is 0. The third-order valence-corrected chi connectivity index (χ3v) is 13.8. The third kappa shape index (κ3) is 5.10. The van der Waals surface area contributed by atoms with Gasteiger partial charge in [-0.3, -0.25) is 9.97 Å². The van der Waals surface area contributed by atoms with Gasteiger partial charge in [0, 0.05) is 22.5 Å². The molecule has 2 aromatic heterocycles. The normalized spacial score (nSPS) is 16.4. The molecule has 3 nitrogen and oxygen atoms in total. The molecule has 5 aromatic carbocycles. The summed E-state index contributed by atoms with van der Waals surface area (Å²) >= 11 is 0. The molecule has 4 heteroatoms. The average Bonchev–Trinajstić information content (AvgIpc) is 3.57. The second-order valence-corrected chi connectivity index (χ2v) is 20.1. The molecule has 59 heavy (non-hydrogen) atoms. The van der Waals surface area contributed by atoms with E-state index in [9.17, 15) is 0 Å². The first kappa shape index (κ1) is 38.1. The molecule has 0 atom stereocenters. The van der Waals surface area contributed by atoms with Crippen molar-refractivity contribution < 1.29 is 25.8 Å². The molecule has 0 fully saturated rings. The maximum absolute atomic E-state index is 6.93. The van der Waals surface area contributed by atoms with Gasteiger partial charge in [-0.15, -0.1) is 69.8 Å². The first-order chi connectivity index (χ1) is 27.5. The van der Waals surface area contributed by atoms with Crippen LogP contribution in [0.4, 0.5) is 0 Å². The number of ether oxygens (including phenoxy) is 1. The molecule has 0 unspecified atom stereocenters. The minimum absolute atomic E-state index is 0. The first-order valence-corrected chi connectivity index (χ1v) is 20.7. The quantitative estimate of drug-likeness (QED) is 0.142. The molecule has 0 radical (unpaired) electrons. The van der Waals surface area contributed by atoms with Crippen LogP contribution in [0.5, 0.6) is 11.5 Å². The van der Waals surface area contributed by atoms with Crippen LogP contribution >= 0.6 is 0 Å². The van der Waals surface area contributed by atoms with Crippen molar-refractivity contribution in [2.75, 3.05) is 0 Å². The zero-order chi connectivity index (χ0) is 40.3. The number of fused-ring (bicyclic) bond motifs is 14. The van der Waals surface area contributed by atoms with Crippen LogP contribution in [0.3, 0.4) is 0 Å². The molecule has 0 amide bonds. The summed E-state index contributed by atoms with van der Waals surface area (Å²) in [5.74, 6) is 1.63. The zero-order valence-electron chi connectivity index (χ0n) is 35.5. The van der Waals surface area contributed by atoms with Crippen LogP contribution in [-0.4, -0.2) is 9.97 Å². The van der Waals surface area contributed by atoms with Gasteiger partial charge in [-0.25, -0.2) is 0 Å². The summed E-state index contributed by atoms with van der Waals surface area (Å²) in [6.07, 6.45) is 0. The van der Waals surface area contributed by atoms with Crippen LogP contribution in [0, 0.1) is 12.1 Å². The van der Waals surface area contributed by atoms with E-state index in [-0.39, 0.29) is 42.7 Å². The van der Waals surface area contributed by atoms with E-state index in [4.69, 9.17) is 14.7 Å². The van der Waals surface area contributed by atoms with Crippen LogP contribution in [0.1, 0.15) is 125 Å². The van der Waals surface area contributed by atoms with E-state index in [0.717, 1.165) is 56.5 Å². The number of nitrogens with zero attached hydrogens (tertiary/aromatic N) is 2. The third-order valence-electron chi connectivity index (χ3n) is 13.8. The molecule has 0 N–H and O–H groups in total. The molecule has 294 valence electrons. The largest absolute Gasteiger partial charge is 2.00 e. The standard InChI is InChI=1S/C55H48N2O.Pt/c1-51(2,3)33-19-25-45-41(29-33)55(42-30-34(52(4,5)6)20-26-46(42)58-45)47-15-11-13-43(56-47)31-17-21-37-35(27-31)49-39(53(37,7)8)23-24-40-50(49)36-28-32(18-22-38(36)54(40,9)10)44-14-12-16-48(55)57-44;/h11-26,29-30H,1-10H3;/q-2;+2. The second kappa shape index (κ2) is 12.2. The second-order valence-electron chi connectivity index (χ2n) is 20.1. The molecule has 0 saturated carbocycles. The Morgan fingerprint density at radius 2 is 0.881 bits per heavy atom. The molecular formula is C55H48N2OPt. The SMILES string of the molecule is CC(C)(C)c1ccc2c(c1)C1(c3cccc(n3)-c3[c-]c4c(cc3)C(C)(C)c3ccc5c(c3-4)-c3[c-]c(ccc3C5(C)C)-c3cccc1n3)c1cc(C(C)(C)C)ccc1O2.[Pt+2]. The predicted octanol–water partition coefficient (Wildman–Crippen LogP) is 13.4. The maximum Gasteiger partial charge on any atom is 2.00 e. The van der Waals surface area contributed by atoms with Gasteiger partial charge in [0.2, 0.25) is 0 Å². The summed E-state index contributed by atoms with van der Waals surface area (Å²) in [7, 11) is 0. The molecule has 8 bridgehead atoms. The summed E-state index contributed by atoms with van der Waals surface area (Å²) in [6, 6.07) is 48.3. The van der Waals surface area contributed by atoms with Gasteiger partial charge in [-0.1, -0.05) is 140 Å². The van der Waals surface area contributed by atoms with Gasteiger partial charge in [0.15, 0.2) is 0 Å². The Labute approximate surface area is 363 Å². The average molecular weight is 948 g/mol. The molecule has 4 heterocycles. The van der Waals surface area contributed by atoms with Crippen molar-refractivity contribution in [1.29, 1.82) is 0 Å². The summed E-state index contributed by atoms with van der Waals surface area (Å²) < 4.78 is 6.93. The molecule has 11 rings (SSSR count). The number of aromatic nitrogens is 2. The fourth-order valence-corrected chi connectivity index (χ4v) is 10.5. The Morgan fingerprint density at radius 3 is 1.29 bits per heavy atom. The first-order valence-electron chi connectivity index (χ1n) is 20.7. The number of hydrogen-bond acceptors (Lipinski definition) is 3. The van der Waals surface area contributed by atoms with E-state index in [1.54, 1.807) is 0 Å². The van der Waals surface area contributed by atoms with Crippen molar-refractivity contribution in [3.8, 4) is 56.3 Å². The summed E-state index contributed by atoms with van der Waals surface area (Å²) in [5, 5.41) is 0. The Hall–Kier alpha value is -5.11. The summed E-state index contributed by atoms with van der Waals surface area (Å²) in [5.41, 5.74) is 18.6. The molecule has 1 spiro atoms. The Bertz CT molecular complexity index is 2760. The van der Waals surface area contributed by atoms with Crippen LogP contribution in [0.2, 0.25) is 0 Å². The van der Waals surface area contributed by atoms with Crippen molar-refractivity contribution in [1.82, 2.24) is 9.97 Å². The van der Waals surface area contributed by atoms with Gasteiger partial charge < -0.3 is 4.74 Å². The van der Waals surface area contributed by atoms with Crippen molar-refractivity contribution in [2.24, 2.45) is 0 Å². The minimum atomic E-state index is -0.932. The monoisotopic (exact) mass is 947 g/mol. The van der Waals surface area contributed by atoms with Gasteiger partial charge in [-0.2, -0.15) is 0 Å². The molecule has 2 aliphatic carbocycles. The van der Waals surface area contributed by atoms with Crippen LogP contribution < -0.4 is 4.74 Å². The molecular weight excluding hydrogens is 900 g/mol.